The number of carbonyl (C=O) groups excluding carboxylic acids is 1. The third kappa shape index (κ3) is 3.40. The summed E-state index contributed by atoms with van der Waals surface area (Å²) in [6.45, 7) is 6.24. The van der Waals surface area contributed by atoms with Crippen molar-refractivity contribution in [1.29, 1.82) is 0 Å². The molecule has 0 unspecified atom stereocenters. The van der Waals surface area contributed by atoms with E-state index >= 15 is 0 Å². The molecule has 4 heteroatoms. The van der Waals surface area contributed by atoms with E-state index in [1.807, 2.05) is 20.8 Å². The number of aryl methyl sites for hydroxylation is 1. The fourth-order valence-electron chi connectivity index (χ4n) is 2.25. The van der Waals surface area contributed by atoms with Crippen molar-refractivity contribution in [1.82, 2.24) is 0 Å². The second-order valence-electron chi connectivity index (χ2n) is 5.90. The molecule has 0 fully saturated rings. The van der Waals surface area contributed by atoms with Crippen LogP contribution in [0.5, 0.6) is 5.75 Å². The predicted octanol–water partition coefficient (Wildman–Crippen LogP) is 3.47. The zero-order valence-electron chi connectivity index (χ0n) is 11.8. The van der Waals surface area contributed by atoms with Gasteiger partial charge in [-0.05, 0) is 63.8 Å². The molecule has 2 rings (SSSR count). The molecule has 104 valence electrons. The van der Waals surface area contributed by atoms with Gasteiger partial charge in [0.15, 0.2) is 0 Å². The number of hydrogen-bond acceptors (Lipinski definition) is 3. The highest BCUT2D eigenvalue weighted by Gasteiger charge is 2.26. The molecule has 1 amide bonds. The summed E-state index contributed by atoms with van der Waals surface area (Å²) in [6, 6.07) is 5.14. The zero-order valence-corrected chi connectivity index (χ0v) is 11.8. The van der Waals surface area contributed by atoms with Crippen molar-refractivity contribution in [2.24, 2.45) is 0 Å². The Kier molecular flexibility index (Phi) is 3.69. The topological polar surface area (TPSA) is 49.8 Å². The Bertz CT molecular complexity index is 477. The SMILES string of the molecule is CC(C)(C)OC(=O)N1CCCCc2cc(O)ccc21. The summed E-state index contributed by atoms with van der Waals surface area (Å²) in [5.74, 6) is 0.241. The van der Waals surface area contributed by atoms with E-state index in [0.717, 1.165) is 30.5 Å². The van der Waals surface area contributed by atoms with Crippen LogP contribution >= 0.6 is 0 Å². The van der Waals surface area contributed by atoms with Crippen LogP contribution in [0.25, 0.3) is 0 Å². The largest absolute Gasteiger partial charge is 0.508 e. The van der Waals surface area contributed by atoms with E-state index < -0.39 is 5.60 Å². The first-order chi connectivity index (χ1) is 8.87. The van der Waals surface area contributed by atoms with Crippen LogP contribution in [0, 0.1) is 0 Å². The summed E-state index contributed by atoms with van der Waals surface area (Å²) in [4.78, 5) is 13.9. The Hall–Kier alpha value is -1.71. The Morgan fingerprint density at radius 3 is 2.74 bits per heavy atom. The minimum Gasteiger partial charge on any atom is -0.508 e. The number of phenols is 1. The molecule has 1 heterocycles. The fourth-order valence-corrected chi connectivity index (χ4v) is 2.25. The minimum absolute atomic E-state index is 0.241. The van der Waals surface area contributed by atoms with Crippen LogP contribution in [0.3, 0.4) is 0 Å². The van der Waals surface area contributed by atoms with Crippen molar-refractivity contribution < 1.29 is 14.6 Å². The van der Waals surface area contributed by atoms with E-state index in [9.17, 15) is 9.90 Å². The second-order valence-corrected chi connectivity index (χ2v) is 5.90. The van der Waals surface area contributed by atoms with Crippen molar-refractivity contribution >= 4 is 11.8 Å². The Morgan fingerprint density at radius 2 is 2.05 bits per heavy atom. The second kappa shape index (κ2) is 5.11. The van der Waals surface area contributed by atoms with Crippen molar-refractivity contribution in [3.8, 4) is 5.75 Å². The molecule has 0 radical (unpaired) electrons. The molecule has 19 heavy (non-hydrogen) atoms. The lowest BCUT2D eigenvalue weighted by atomic mass is 10.1. The van der Waals surface area contributed by atoms with E-state index in [2.05, 4.69) is 0 Å². The molecule has 0 saturated carbocycles. The smallest absolute Gasteiger partial charge is 0.414 e. The molecule has 0 spiro atoms. The summed E-state index contributed by atoms with van der Waals surface area (Å²) in [7, 11) is 0. The monoisotopic (exact) mass is 263 g/mol. The van der Waals surface area contributed by atoms with Crippen LogP contribution in [0.4, 0.5) is 10.5 Å². The van der Waals surface area contributed by atoms with Crippen LogP contribution in [-0.2, 0) is 11.2 Å². The first-order valence-electron chi connectivity index (χ1n) is 6.69. The predicted molar refractivity (Wildman–Crippen MR) is 74.6 cm³/mol. The Balaban J connectivity index is 2.29. The minimum atomic E-state index is -0.500. The number of amides is 1. The number of carbonyl (C=O) groups is 1. The average molecular weight is 263 g/mol. The number of fused-ring (bicyclic) bond motifs is 1. The molecule has 0 aromatic heterocycles. The van der Waals surface area contributed by atoms with E-state index in [1.54, 1.807) is 23.1 Å². The van der Waals surface area contributed by atoms with Gasteiger partial charge in [-0.25, -0.2) is 4.79 Å². The average Bonchev–Trinajstić information content (AvgIpc) is 2.48. The molecule has 0 atom stereocenters. The number of anilines is 1. The van der Waals surface area contributed by atoms with Gasteiger partial charge in [-0.3, -0.25) is 4.90 Å². The maximum atomic E-state index is 12.3. The molecule has 1 aromatic rings. The zero-order chi connectivity index (χ0) is 14.0. The van der Waals surface area contributed by atoms with E-state index in [1.165, 1.54) is 0 Å². The van der Waals surface area contributed by atoms with Gasteiger partial charge in [0.05, 0.1) is 5.69 Å². The maximum Gasteiger partial charge on any atom is 0.414 e. The van der Waals surface area contributed by atoms with Crippen molar-refractivity contribution in [2.75, 3.05) is 11.4 Å². The molecule has 4 nitrogen and oxygen atoms in total. The normalized spacial score (nSPS) is 15.6. The van der Waals surface area contributed by atoms with Gasteiger partial charge in [-0.1, -0.05) is 0 Å². The highest BCUT2D eigenvalue weighted by molar-refractivity contribution is 5.89. The van der Waals surface area contributed by atoms with Crippen LogP contribution in [0.2, 0.25) is 0 Å². The van der Waals surface area contributed by atoms with Gasteiger partial charge in [-0.2, -0.15) is 0 Å². The van der Waals surface area contributed by atoms with Crippen molar-refractivity contribution in [2.45, 2.75) is 45.6 Å². The summed E-state index contributed by atoms with van der Waals surface area (Å²) < 4.78 is 5.44. The van der Waals surface area contributed by atoms with Gasteiger partial charge >= 0.3 is 6.09 Å². The number of rotatable bonds is 0. The molecule has 1 aliphatic rings. The highest BCUT2D eigenvalue weighted by Crippen LogP contribution is 2.30. The van der Waals surface area contributed by atoms with Gasteiger partial charge in [-0.15, -0.1) is 0 Å². The van der Waals surface area contributed by atoms with Crippen LogP contribution in [0.15, 0.2) is 18.2 Å². The number of ether oxygens (including phenoxy) is 1. The third-order valence-corrected chi connectivity index (χ3v) is 3.05. The van der Waals surface area contributed by atoms with Crippen molar-refractivity contribution in [3.63, 3.8) is 0 Å². The number of aromatic hydroxyl groups is 1. The molecule has 0 saturated heterocycles. The van der Waals surface area contributed by atoms with Crippen LogP contribution < -0.4 is 4.90 Å². The molecule has 1 N–H and O–H groups in total. The standard InChI is InChI=1S/C15H21NO3/c1-15(2,3)19-14(18)16-9-5-4-6-11-10-12(17)7-8-13(11)16/h7-8,10,17H,4-6,9H2,1-3H3. The van der Waals surface area contributed by atoms with Crippen LogP contribution in [-0.4, -0.2) is 23.3 Å². The Labute approximate surface area is 114 Å². The number of hydrogen-bond donors (Lipinski definition) is 1. The number of phenolic OH excluding ortho intramolecular Hbond substituents is 1. The van der Waals surface area contributed by atoms with Gasteiger partial charge in [0.25, 0.3) is 0 Å². The summed E-state index contributed by atoms with van der Waals surface area (Å²) >= 11 is 0. The van der Waals surface area contributed by atoms with E-state index in [-0.39, 0.29) is 11.8 Å². The first-order valence-corrected chi connectivity index (χ1v) is 6.69. The van der Waals surface area contributed by atoms with Crippen molar-refractivity contribution in [3.05, 3.63) is 23.8 Å². The lowest BCUT2D eigenvalue weighted by Gasteiger charge is -2.27. The van der Waals surface area contributed by atoms with E-state index in [0.29, 0.717) is 6.54 Å². The molecule has 0 bridgehead atoms. The molecular weight excluding hydrogens is 242 g/mol. The lowest BCUT2D eigenvalue weighted by Crippen LogP contribution is -2.37. The van der Waals surface area contributed by atoms with E-state index in [4.69, 9.17) is 4.74 Å². The Morgan fingerprint density at radius 1 is 1.32 bits per heavy atom. The highest BCUT2D eigenvalue weighted by atomic mass is 16.6. The van der Waals surface area contributed by atoms with Gasteiger partial charge in [0, 0.05) is 6.54 Å². The summed E-state index contributed by atoms with van der Waals surface area (Å²) in [5.41, 5.74) is 1.36. The van der Waals surface area contributed by atoms with Gasteiger partial charge < -0.3 is 9.84 Å². The molecule has 1 aliphatic heterocycles. The van der Waals surface area contributed by atoms with Gasteiger partial charge in [0.1, 0.15) is 11.4 Å². The van der Waals surface area contributed by atoms with Crippen LogP contribution in [0.1, 0.15) is 39.2 Å². The summed E-state index contributed by atoms with van der Waals surface area (Å²) in [6.07, 6.45) is 2.51. The quantitative estimate of drug-likeness (QED) is 0.779. The third-order valence-electron chi connectivity index (χ3n) is 3.05. The molecule has 1 aromatic carbocycles. The number of benzene rings is 1. The number of nitrogens with zero attached hydrogens (tertiary/aromatic N) is 1. The molecular formula is C15H21NO3. The lowest BCUT2D eigenvalue weighted by molar-refractivity contribution is 0.0580. The molecule has 0 aliphatic carbocycles. The fraction of sp³-hybridized carbons (Fsp3) is 0.533. The first kappa shape index (κ1) is 13.7. The summed E-state index contributed by atoms with van der Waals surface area (Å²) in [5, 5.41) is 9.56. The maximum absolute atomic E-state index is 12.3. The van der Waals surface area contributed by atoms with Gasteiger partial charge in [0.2, 0.25) is 0 Å².